The molecule has 0 amide bonds. The molecule has 0 saturated heterocycles. The van der Waals surface area contributed by atoms with Gasteiger partial charge in [0.05, 0.1) is 5.60 Å². The number of rotatable bonds is 4. The summed E-state index contributed by atoms with van der Waals surface area (Å²) < 4.78 is 6.03. The zero-order valence-electron chi connectivity index (χ0n) is 16.8. The Morgan fingerprint density at radius 3 is 2.07 bits per heavy atom. The van der Waals surface area contributed by atoms with Crippen LogP contribution in [0.15, 0.2) is 48.5 Å². The highest BCUT2D eigenvalue weighted by atomic mass is 35.5. The molecular weight excluding hydrogens is 372 g/mol. The SMILES string of the molecule is Cc1c([C@@H](OC(C)(C)C)C(=O)O)c(-c2ccc(Cl)cc2)c2ccccc2c1C. The lowest BCUT2D eigenvalue weighted by Gasteiger charge is -2.29. The molecule has 0 spiro atoms. The van der Waals surface area contributed by atoms with Crippen LogP contribution >= 0.6 is 11.6 Å². The third kappa shape index (κ3) is 3.91. The maximum absolute atomic E-state index is 12.3. The quantitative estimate of drug-likeness (QED) is 0.532. The van der Waals surface area contributed by atoms with Crippen molar-refractivity contribution >= 4 is 28.3 Å². The highest BCUT2D eigenvalue weighted by molar-refractivity contribution is 6.30. The van der Waals surface area contributed by atoms with Crippen LogP contribution in [0, 0.1) is 13.8 Å². The number of hydrogen-bond acceptors (Lipinski definition) is 2. The lowest BCUT2D eigenvalue weighted by molar-refractivity contribution is -0.160. The first-order valence-corrected chi connectivity index (χ1v) is 9.66. The fourth-order valence-corrected chi connectivity index (χ4v) is 3.73. The van der Waals surface area contributed by atoms with Gasteiger partial charge in [-0.1, -0.05) is 48.0 Å². The van der Waals surface area contributed by atoms with E-state index in [1.165, 1.54) is 0 Å². The van der Waals surface area contributed by atoms with Gasteiger partial charge in [0.25, 0.3) is 0 Å². The first kappa shape index (κ1) is 20.4. The molecule has 3 rings (SSSR count). The molecule has 3 aromatic carbocycles. The molecule has 0 radical (unpaired) electrons. The lowest BCUT2D eigenvalue weighted by atomic mass is 9.84. The van der Waals surface area contributed by atoms with E-state index < -0.39 is 17.7 Å². The lowest BCUT2D eigenvalue weighted by Crippen LogP contribution is -2.28. The van der Waals surface area contributed by atoms with Crippen molar-refractivity contribution in [1.29, 1.82) is 0 Å². The normalized spacial score (nSPS) is 12.9. The fourth-order valence-electron chi connectivity index (χ4n) is 3.61. The van der Waals surface area contributed by atoms with E-state index in [2.05, 4.69) is 6.07 Å². The number of aliphatic carboxylic acids is 1. The molecular formula is C24H25ClO3. The summed E-state index contributed by atoms with van der Waals surface area (Å²) in [4.78, 5) is 12.3. The fraction of sp³-hybridized carbons (Fsp3) is 0.292. The van der Waals surface area contributed by atoms with Gasteiger partial charge >= 0.3 is 5.97 Å². The Morgan fingerprint density at radius 2 is 1.54 bits per heavy atom. The summed E-state index contributed by atoms with van der Waals surface area (Å²) in [5.74, 6) is -0.997. The van der Waals surface area contributed by atoms with Crippen LogP contribution in [0.4, 0.5) is 0 Å². The van der Waals surface area contributed by atoms with Gasteiger partial charge in [0.15, 0.2) is 6.10 Å². The van der Waals surface area contributed by atoms with E-state index in [1.807, 2.05) is 77.1 Å². The monoisotopic (exact) mass is 396 g/mol. The molecule has 3 nitrogen and oxygen atoms in total. The Hall–Kier alpha value is -2.36. The van der Waals surface area contributed by atoms with E-state index >= 15 is 0 Å². The minimum atomic E-state index is -1.08. The van der Waals surface area contributed by atoms with Crippen LogP contribution in [0.25, 0.3) is 21.9 Å². The first-order chi connectivity index (χ1) is 13.1. The topological polar surface area (TPSA) is 46.5 Å². The van der Waals surface area contributed by atoms with Gasteiger partial charge in [-0.2, -0.15) is 0 Å². The van der Waals surface area contributed by atoms with Crippen LogP contribution in [-0.4, -0.2) is 16.7 Å². The van der Waals surface area contributed by atoms with E-state index in [9.17, 15) is 9.90 Å². The van der Waals surface area contributed by atoms with Crippen LogP contribution in [0.3, 0.4) is 0 Å². The molecule has 146 valence electrons. The maximum atomic E-state index is 12.3. The molecule has 0 aliphatic heterocycles. The Labute approximate surface area is 170 Å². The Morgan fingerprint density at radius 1 is 0.964 bits per heavy atom. The van der Waals surface area contributed by atoms with Crippen LogP contribution in [0.1, 0.15) is 43.6 Å². The smallest absolute Gasteiger partial charge is 0.337 e. The third-order valence-electron chi connectivity index (χ3n) is 4.93. The van der Waals surface area contributed by atoms with Crippen LogP contribution in [-0.2, 0) is 9.53 Å². The van der Waals surface area contributed by atoms with E-state index in [4.69, 9.17) is 16.3 Å². The summed E-state index contributed by atoms with van der Waals surface area (Å²) in [6.07, 6.45) is -1.08. The van der Waals surface area contributed by atoms with Gasteiger partial charge in [-0.25, -0.2) is 4.79 Å². The van der Waals surface area contributed by atoms with Crippen molar-refractivity contribution in [3.8, 4) is 11.1 Å². The summed E-state index contributed by atoms with van der Waals surface area (Å²) in [6.45, 7) is 9.61. The number of ether oxygens (including phenoxy) is 1. The Balaban J connectivity index is 2.43. The Kier molecular flexibility index (Phi) is 5.51. The molecule has 0 fully saturated rings. The highest BCUT2D eigenvalue weighted by Gasteiger charge is 2.32. The van der Waals surface area contributed by atoms with Crippen LogP contribution < -0.4 is 0 Å². The molecule has 0 unspecified atom stereocenters. The molecule has 1 N–H and O–H groups in total. The number of aryl methyl sites for hydroxylation is 1. The van der Waals surface area contributed by atoms with Crippen molar-refractivity contribution in [2.45, 2.75) is 46.3 Å². The van der Waals surface area contributed by atoms with Crippen molar-refractivity contribution in [1.82, 2.24) is 0 Å². The van der Waals surface area contributed by atoms with E-state index in [0.29, 0.717) is 10.6 Å². The van der Waals surface area contributed by atoms with E-state index in [0.717, 1.165) is 33.0 Å². The van der Waals surface area contributed by atoms with Crippen molar-refractivity contribution in [3.63, 3.8) is 0 Å². The summed E-state index contributed by atoms with van der Waals surface area (Å²) in [7, 11) is 0. The minimum absolute atomic E-state index is 0.605. The second-order valence-electron chi connectivity index (χ2n) is 8.04. The Bertz CT molecular complexity index is 1030. The largest absolute Gasteiger partial charge is 0.479 e. The number of carbonyl (C=O) groups is 1. The number of hydrogen-bond donors (Lipinski definition) is 1. The average Bonchev–Trinajstić information content (AvgIpc) is 2.63. The molecule has 28 heavy (non-hydrogen) atoms. The number of carboxylic acid groups (broad SMARTS) is 1. The number of fused-ring (bicyclic) bond motifs is 1. The van der Waals surface area contributed by atoms with Gasteiger partial charge in [0.1, 0.15) is 0 Å². The average molecular weight is 397 g/mol. The molecule has 4 heteroatoms. The van der Waals surface area contributed by atoms with Crippen molar-refractivity contribution in [3.05, 3.63) is 70.2 Å². The summed E-state index contributed by atoms with van der Waals surface area (Å²) in [5.41, 5.74) is 3.88. The highest BCUT2D eigenvalue weighted by Crippen LogP contribution is 2.42. The van der Waals surface area contributed by atoms with Crippen molar-refractivity contribution in [2.24, 2.45) is 0 Å². The molecule has 1 atom stereocenters. The van der Waals surface area contributed by atoms with Gasteiger partial charge in [0, 0.05) is 10.6 Å². The zero-order chi connectivity index (χ0) is 20.6. The van der Waals surface area contributed by atoms with E-state index in [-0.39, 0.29) is 0 Å². The molecule has 0 heterocycles. The van der Waals surface area contributed by atoms with Gasteiger partial charge in [-0.3, -0.25) is 0 Å². The molecule has 0 aromatic heterocycles. The van der Waals surface area contributed by atoms with Gasteiger partial charge in [-0.15, -0.1) is 0 Å². The molecule has 3 aromatic rings. The molecule has 0 aliphatic rings. The number of carboxylic acids is 1. The van der Waals surface area contributed by atoms with Crippen molar-refractivity contribution < 1.29 is 14.6 Å². The predicted molar refractivity (Wildman–Crippen MR) is 115 cm³/mol. The summed E-state index contributed by atoms with van der Waals surface area (Å²) in [6, 6.07) is 15.6. The molecule has 0 saturated carbocycles. The number of halogens is 1. The maximum Gasteiger partial charge on any atom is 0.337 e. The zero-order valence-corrected chi connectivity index (χ0v) is 17.6. The second kappa shape index (κ2) is 7.57. The summed E-state index contributed by atoms with van der Waals surface area (Å²) in [5, 5.41) is 12.8. The van der Waals surface area contributed by atoms with Crippen molar-refractivity contribution in [2.75, 3.05) is 0 Å². The second-order valence-corrected chi connectivity index (χ2v) is 8.48. The van der Waals surface area contributed by atoms with Gasteiger partial charge < -0.3 is 9.84 Å². The molecule has 0 aliphatic carbocycles. The van der Waals surface area contributed by atoms with E-state index in [1.54, 1.807) is 0 Å². The van der Waals surface area contributed by atoms with Gasteiger partial charge in [-0.05, 0) is 79.8 Å². The number of benzene rings is 3. The predicted octanol–water partition coefficient (Wildman–Crippen LogP) is 6.72. The molecule has 0 bridgehead atoms. The van der Waals surface area contributed by atoms with Gasteiger partial charge in [0.2, 0.25) is 0 Å². The third-order valence-corrected chi connectivity index (χ3v) is 5.18. The standard InChI is InChI=1S/C24H25ClO3/c1-14-15(2)20(22(23(26)27)28-24(3,4)5)21(16-10-12-17(25)13-11-16)19-9-7-6-8-18(14)19/h6-13,22H,1-5H3,(H,26,27)/t22-/m1/s1. The summed E-state index contributed by atoms with van der Waals surface area (Å²) >= 11 is 6.09. The van der Waals surface area contributed by atoms with Crippen LogP contribution in [0.2, 0.25) is 5.02 Å². The van der Waals surface area contributed by atoms with Crippen LogP contribution in [0.5, 0.6) is 0 Å². The minimum Gasteiger partial charge on any atom is -0.479 e. The first-order valence-electron chi connectivity index (χ1n) is 9.28.